The van der Waals surface area contributed by atoms with Crippen LogP contribution in [0.3, 0.4) is 0 Å². The first-order valence-electron chi connectivity index (χ1n) is 26.1. The second-order valence-corrected chi connectivity index (χ2v) is 22.7. The van der Waals surface area contributed by atoms with Crippen molar-refractivity contribution in [2.75, 3.05) is 0 Å². The predicted molar refractivity (Wildman–Crippen MR) is 258 cm³/mol. The molecule has 0 heterocycles. The molecular weight excluding hydrogens is 721 g/mol. The number of hydrogen-bond donors (Lipinski definition) is 0. The van der Waals surface area contributed by atoms with E-state index in [0.717, 1.165) is 118 Å². The third kappa shape index (κ3) is 9.79. The lowest BCUT2D eigenvalue weighted by atomic mass is 9.52. The van der Waals surface area contributed by atoms with Crippen molar-refractivity contribution in [1.29, 1.82) is 0 Å². The summed E-state index contributed by atoms with van der Waals surface area (Å²) in [6, 6.07) is 0. The average molecular weight is 805 g/mol. The molecule has 0 spiro atoms. The van der Waals surface area contributed by atoms with Gasteiger partial charge in [-0.2, -0.15) is 0 Å². The number of rotatable bonds is 16. The monoisotopic (exact) mass is 805 g/mol. The second kappa shape index (κ2) is 19.8. The zero-order valence-electron chi connectivity index (χ0n) is 37.8. The van der Waals surface area contributed by atoms with Crippen LogP contribution < -0.4 is 0 Å². The van der Waals surface area contributed by atoms with Gasteiger partial charge in [0.25, 0.3) is 0 Å². The van der Waals surface area contributed by atoms with Gasteiger partial charge in [0.1, 0.15) is 0 Å². The Morgan fingerprint density at radius 1 is 0.200 bits per heavy atom. The first-order chi connectivity index (χ1) is 29.5. The fraction of sp³-hybridized carbons (Fsp3) is 0.667. The van der Waals surface area contributed by atoms with E-state index in [0.29, 0.717) is 0 Å². The quantitative estimate of drug-likeness (QED) is 0.136. The highest BCUT2D eigenvalue weighted by Gasteiger charge is 2.65. The molecule has 0 N–H and O–H groups in total. The number of allylic oxidation sites excluding steroid dienone is 16. The Labute approximate surface area is 368 Å². The molecule has 0 aliphatic heterocycles. The van der Waals surface area contributed by atoms with Crippen molar-refractivity contribution < 1.29 is 0 Å². The van der Waals surface area contributed by atoms with E-state index in [1.165, 1.54) is 128 Å². The molecule has 20 unspecified atom stereocenters. The Kier molecular flexibility index (Phi) is 14.1. The summed E-state index contributed by atoms with van der Waals surface area (Å²) >= 11 is 0. The summed E-state index contributed by atoms with van der Waals surface area (Å²) in [5.74, 6) is 15.6. The molecule has 324 valence electrons. The van der Waals surface area contributed by atoms with Gasteiger partial charge in [0.05, 0.1) is 0 Å². The van der Waals surface area contributed by atoms with E-state index >= 15 is 0 Å². The Morgan fingerprint density at radius 3 is 0.550 bits per heavy atom. The van der Waals surface area contributed by atoms with Crippen LogP contribution in [0.4, 0.5) is 0 Å². The predicted octanol–water partition coefficient (Wildman–Crippen LogP) is 16.3. The summed E-state index contributed by atoms with van der Waals surface area (Å²) in [6.45, 7) is 16.5. The van der Waals surface area contributed by atoms with E-state index < -0.39 is 0 Å². The van der Waals surface area contributed by atoms with Crippen LogP contribution in [0.5, 0.6) is 0 Å². The molecule has 0 heteroatoms. The topological polar surface area (TPSA) is 0 Å². The van der Waals surface area contributed by atoms with Gasteiger partial charge in [0, 0.05) is 0 Å². The molecule has 0 aromatic carbocycles. The van der Waals surface area contributed by atoms with E-state index in [1.807, 2.05) is 0 Å². The molecule has 9 aliphatic carbocycles. The zero-order valence-corrected chi connectivity index (χ0v) is 37.8. The fourth-order valence-electron chi connectivity index (χ4n) is 15.6. The number of hydrogen-bond acceptors (Lipinski definition) is 0. The summed E-state index contributed by atoms with van der Waals surface area (Å²) in [6.07, 6.45) is 68.6. The third-order valence-electron chi connectivity index (χ3n) is 19.1. The molecular formula is C60H84. The minimum atomic E-state index is 0.726. The smallest absolute Gasteiger partial charge is 0.0193 e. The second-order valence-electron chi connectivity index (χ2n) is 22.7. The lowest BCUT2D eigenvalue weighted by molar-refractivity contribution is -0.0274. The molecule has 9 saturated carbocycles. The summed E-state index contributed by atoms with van der Waals surface area (Å²) in [5, 5.41) is 0. The highest BCUT2D eigenvalue weighted by atomic mass is 14.7. The molecule has 20 atom stereocenters. The molecule has 9 aliphatic rings. The molecule has 0 nitrogen and oxygen atoms in total. The Morgan fingerprint density at radius 2 is 0.367 bits per heavy atom. The maximum Gasteiger partial charge on any atom is -0.0193 e. The molecule has 0 aromatic rings. The van der Waals surface area contributed by atoms with Gasteiger partial charge in [0.2, 0.25) is 0 Å². The van der Waals surface area contributed by atoms with Gasteiger partial charge in [-0.05, 0) is 247 Å². The minimum Gasteiger partial charge on any atom is -0.103 e. The highest BCUT2D eigenvalue weighted by Crippen LogP contribution is 2.70. The Hall–Kier alpha value is -2.60. The Balaban J connectivity index is 0.907. The van der Waals surface area contributed by atoms with Crippen LogP contribution in [0.25, 0.3) is 0 Å². The third-order valence-corrected chi connectivity index (χ3v) is 19.1. The van der Waals surface area contributed by atoms with E-state index in [4.69, 9.17) is 0 Å². The van der Waals surface area contributed by atoms with Gasteiger partial charge in [0.15, 0.2) is 0 Å². The van der Waals surface area contributed by atoms with Crippen molar-refractivity contribution >= 4 is 0 Å². The first kappa shape index (κ1) is 42.7. The van der Waals surface area contributed by atoms with Crippen molar-refractivity contribution in [3.63, 3.8) is 0 Å². The lowest BCUT2D eigenvalue weighted by Gasteiger charge is -2.52. The lowest BCUT2D eigenvalue weighted by Crippen LogP contribution is -2.48. The summed E-state index contributed by atoms with van der Waals surface area (Å²) in [7, 11) is 0. The van der Waals surface area contributed by atoms with Crippen LogP contribution in [0, 0.1) is 118 Å². The van der Waals surface area contributed by atoms with Crippen LogP contribution in [-0.4, -0.2) is 0 Å². The van der Waals surface area contributed by atoms with E-state index in [2.05, 4.69) is 124 Å². The van der Waals surface area contributed by atoms with E-state index in [1.54, 1.807) is 0 Å². The molecule has 9 fully saturated rings. The van der Waals surface area contributed by atoms with Gasteiger partial charge < -0.3 is 0 Å². The molecule has 0 saturated heterocycles. The van der Waals surface area contributed by atoms with Gasteiger partial charge in [-0.25, -0.2) is 0 Å². The maximum absolute atomic E-state index is 4.16. The van der Waals surface area contributed by atoms with Crippen LogP contribution in [-0.2, 0) is 0 Å². The summed E-state index contributed by atoms with van der Waals surface area (Å²) in [4.78, 5) is 0. The van der Waals surface area contributed by atoms with Crippen molar-refractivity contribution in [3.8, 4) is 0 Å². The SMILES string of the molecule is C=CC1CCC(/C=C\C2CCC(/C=C\C3CC(/C=C\C4CCC(/C=C\C5CCC(C=C)C5)C4)C4C5C(/C=C\C6CCC(C=C)C6)CC(/C=C\C6CCC(C=C)C6)C5C34)C2)C1. The van der Waals surface area contributed by atoms with Crippen molar-refractivity contribution in [2.45, 2.75) is 128 Å². The van der Waals surface area contributed by atoms with Gasteiger partial charge >= 0.3 is 0 Å². The largest absolute Gasteiger partial charge is 0.103 e. The molecule has 0 radical (unpaired) electrons. The van der Waals surface area contributed by atoms with Gasteiger partial charge in [-0.15, -0.1) is 26.3 Å². The molecule has 60 heavy (non-hydrogen) atoms. The summed E-state index contributed by atoms with van der Waals surface area (Å²) < 4.78 is 0. The van der Waals surface area contributed by atoms with Crippen LogP contribution in [0.2, 0.25) is 0 Å². The normalized spacial score (nSPS) is 47.9. The molecule has 0 aromatic heterocycles. The molecule has 0 bridgehead atoms. The van der Waals surface area contributed by atoms with Crippen LogP contribution in [0.15, 0.2) is 124 Å². The van der Waals surface area contributed by atoms with E-state index in [-0.39, 0.29) is 0 Å². The Bertz CT molecular complexity index is 1540. The van der Waals surface area contributed by atoms with Gasteiger partial charge in [-0.1, -0.05) is 97.2 Å². The fourth-order valence-corrected chi connectivity index (χ4v) is 15.6. The van der Waals surface area contributed by atoms with Gasteiger partial charge in [-0.3, -0.25) is 0 Å². The van der Waals surface area contributed by atoms with Crippen LogP contribution in [0.1, 0.15) is 128 Å². The summed E-state index contributed by atoms with van der Waals surface area (Å²) in [5.41, 5.74) is 0. The molecule has 0 amide bonds. The van der Waals surface area contributed by atoms with Crippen LogP contribution >= 0.6 is 0 Å². The zero-order chi connectivity index (χ0) is 41.0. The number of fused-ring (bicyclic) bond motifs is 4. The average Bonchev–Trinajstić information content (AvgIpc) is 4.12. The van der Waals surface area contributed by atoms with Crippen molar-refractivity contribution in [1.82, 2.24) is 0 Å². The first-order valence-corrected chi connectivity index (χ1v) is 26.1. The molecule has 9 rings (SSSR count). The van der Waals surface area contributed by atoms with Crippen molar-refractivity contribution in [3.05, 3.63) is 124 Å². The highest BCUT2D eigenvalue weighted by molar-refractivity contribution is 5.25. The van der Waals surface area contributed by atoms with E-state index in [9.17, 15) is 0 Å². The standard InChI is InChI=1S/C60H84/c1-5-41-9-13-45(33-41)17-19-47-21-23-51(37-47)27-31-55-40-56(32-28-52-24-22-48(38-52)20-18-46-14-10-42(6-2)34-46)60-58-54(30-26-50-16-12-44(8-4)36-50)39-53(57(58)59(55)60)29-25-49-15-11-43(7-3)35-49/h5-8,17-20,25-32,41-60H,1-4,9-16,21-24,33-40H2/b19-17-,20-18-,29-25-,30-26-,31-27-,32-28-. The van der Waals surface area contributed by atoms with Crippen molar-refractivity contribution in [2.24, 2.45) is 118 Å². The minimum absolute atomic E-state index is 0.726. The maximum atomic E-state index is 4.16.